The number of nitrogens with one attached hydrogen (secondary N) is 2. The van der Waals surface area contributed by atoms with Crippen LogP contribution in [-0.4, -0.2) is 139 Å². The van der Waals surface area contributed by atoms with Gasteiger partial charge in [-0.05, 0) is 81.4 Å². The molecule has 1 aromatic carbocycles. The number of thiazole rings is 1. The molecule has 358 valence electrons. The van der Waals surface area contributed by atoms with Crippen molar-refractivity contribution in [3.8, 4) is 22.5 Å². The molecular formula is C49H65N9O7SSi. The summed E-state index contributed by atoms with van der Waals surface area (Å²) in [4.78, 5) is 86.4. The fourth-order valence-corrected chi connectivity index (χ4v) is 11.5. The van der Waals surface area contributed by atoms with E-state index in [2.05, 4.69) is 66.6 Å². The van der Waals surface area contributed by atoms with E-state index in [1.165, 1.54) is 32.2 Å². The van der Waals surface area contributed by atoms with Crippen molar-refractivity contribution in [3.05, 3.63) is 70.8 Å². The Morgan fingerprint density at radius 3 is 2.61 bits per heavy atom. The Morgan fingerprint density at radius 1 is 1.15 bits per heavy atom. The van der Waals surface area contributed by atoms with E-state index in [1.54, 1.807) is 32.3 Å². The molecule has 3 aliphatic rings. The SMILES string of the molecule is C=CC(=O)N(C)C[C@@H]1CCN1C(=O)N(C)[C@H](C(=O)N[Si][C@H]1Cc2nc(cs2)-c2ccc3c(c2)c(c(-c2cccnc2[C@H](C)OC)n3CC)CC(C)(C)COC(=O)[C@@H]2CCCN(N2)C1=O)C(C)C. The summed E-state index contributed by atoms with van der Waals surface area (Å²) in [5.41, 5.74) is 8.71. The number of nitrogens with zero attached hydrogens (tertiary/aromatic N) is 7. The lowest BCUT2D eigenvalue weighted by Crippen LogP contribution is -2.62. The second kappa shape index (κ2) is 20.8. The number of pyridine rings is 1. The number of hydrogen-bond acceptors (Lipinski definition) is 11. The lowest BCUT2D eigenvalue weighted by Gasteiger charge is -2.45. The van der Waals surface area contributed by atoms with E-state index >= 15 is 0 Å². The number of ether oxygens (including phenoxy) is 2. The van der Waals surface area contributed by atoms with Crippen molar-refractivity contribution in [3.63, 3.8) is 0 Å². The van der Waals surface area contributed by atoms with E-state index < -0.39 is 29.0 Å². The minimum absolute atomic E-state index is 0.147. The molecular weight excluding hydrogens is 887 g/mol. The number of methoxy groups -OCH3 is 1. The van der Waals surface area contributed by atoms with Gasteiger partial charge in [0.15, 0.2) is 9.68 Å². The van der Waals surface area contributed by atoms with E-state index in [4.69, 9.17) is 19.4 Å². The predicted molar refractivity (Wildman–Crippen MR) is 260 cm³/mol. The molecule has 2 N–H and O–H groups in total. The molecule has 4 aromatic rings. The summed E-state index contributed by atoms with van der Waals surface area (Å²) in [5.74, 6) is -1.55. The van der Waals surface area contributed by atoms with Gasteiger partial charge < -0.3 is 33.7 Å². The largest absolute Gasteiger partial charge is 0.464 e. The van der Waals surface area contributed by atoms with Gasteiger partial charge in [-0.2, -0.15) is 0 Å². The zero-order valence-electron chi connectivity index (χ0n) is 40.3. The van der Waals surface area contributed by atoms with Gasteiger partial charge in [0.2, 0.25) is 17.7 Å². The number of amides is 5. The topological polar surface area (TPSA) is 172 Å². The number of hydrazine groups is 1. The van der Waals surface area contributed by atoms with E-state index in [0.29, 0.717) is 45.4 Å². The molecule has 0 spiro atoms. The van der Waals surface area contributed by atoms with Crippen LogP contribution in [0.2, 0.25) is 5.54 Å². The molecule has 3 aromatic heterocycles. The van der Waals surface area contributed by atoms with Gasteiger partial charge in [-0.15, -0.1) is 11.3 Å². The molecule has 5 atom stereocenters. The maximum Gasteiger partial charge on any atom is 0.324 e. The molecule has 3 aliphatic heterocycles. The normalized spacial score (nSPS) is 20.7. The van der Waals surface area contributed by atoms with E-state index in [-0.39, 0.29) is 64.5 Å². The van der Waals surface area contributed by atoms with Crippen molar-refractivity contribution in [2.45, 2.75) is 110 Å². The van der Waals surface area contributed by atoms with Crippen LogP contribution in [0.15, 0.2) is 54.6 Å². The smallest absolute Gasteiger partial charge is 0.324 e. The fraction of sp³-hybridized carbons (Fsp3) is 0.531. The van der Waals surface area contributed by atoms with Crippen LogP contribution in [0.4, 0.5) is 4.79 Å². The first-order valence-corrected chi connectivity index (χ1v) is 25.2. The Kier molecular flexibility index (Phi) is 15.4. The Morgan fingerprint density at radius 2 is 1.93 bits per heavy atom. The van der Waals surface area contributed by atoms with Crippen molar-refractivity contribution >= 4 is 61.6 Å². The van der Waals surface area contributed by atoms with E-state index in [1.807, 2.05) is 32.2 Å². The number of hydrogen-bond donors (Lipinski definition) is 2. The van der Waals surface area contributed by atoms with Gasteiger partial charge in [-0.25, -0.2) is 15.2 Å². The van der Waals surface area contributed by atoms with Crippen molar-refractivity contribution in [1.82, 2.24) is 44.7 Å². The summed E-state index contributed by atoms with van der Waals surface area (Å²) in [6, 6.07) is 8.42. The zero-order chi connectivity index (χ0) is 48.3. The number of rotatable bonds is 12. The highest BCUT2D eigenvalue weighted by Gasteiger charge is 2.41. The number of aryl methyl sites for hydroxylation is 1. The summed E-state index contributed by atoms with van der Waals surface area (Å²) in [6.07, 6.45) is 5.43. The van der Waals surface area contributed by atoms with Gasteiger partial charge in [0, 0.05) is 92.8 Å². The molecule has 18 heteroatoms. The molecule has 16 nitrogen and oxygen atoms in total. The molecule has 6 bridgehead atoms. The van der Waals surface area contributed by atoms with Crippen molar-refractivity contribution in [1.29, 1.82) is 0 Å². The molecule has 0 saturated carbocycles. The molecule has 5 amide bonds. The van der Waals surface area contributed by atoms with Crippen LogP contribution in [0.1, 0.15) is 83.2 Å². The molecule has 7 rings (SSSR count). The minimum atomic E-state index is -0.831. The summed E-state index contributed by atoms with van der Waals surface area (Å²) >= 11 is 1.46. The maximum absolute atomic E-state index is 14.6. The standard InChI is InChI=1S/C49H65N9O7SSi/c1-11-41(59)54(8)26-32-19-22-57(32)48(63)55(9)43(29(3)4)45(60)53-67-39-24-40-51-37(27-66-40)31-17-18-38-34(23-31)35(44(56(38)12-2)33-15-13-20-50-42(33)30(5)64-10)25-49(6,7)28-65-47(62)36-16-14-21-58(52-36)46(39)61/h11,13,15,17-18,20,23,27,29-30,32,36,39,43,52H,1,12,14,16,19,21-22,24-26,28H2,2-10H3,(H,53,60)/t30-,32-,36-,39-,43-/m0/s1. The van der Waals surface area contributed by atoms with Crippen molar-refractivity contribution < 1.29 is 33.4 Å². The average Bonchev–Trinajstić information content (AvgIpc) is 3.91. The number of benzene rings is 1. The quantitative estimate of drug-likeness (QED) is 0.0971. The summed E-state index contributed by atoms with van der Waals surface area (Å²) in [5, 5.41) is 5.30. The van der Waals surface area contributed by atoms with Crippen LogP contribution in [0, 0.1) is 11.3 Å². The number of likely N-dealkylation sites (tertiary alicyclic amines) is 1. The van der Waals surface area contributed by atoms with Gasteiger partial charge in [-0.3, -0.25) is 29.2 Å². The average molecular weight is 952 g/mol. The Hall–Kier alpha value is -5.43. The van der Waals surface area contributed by atoms with Gasteiger partial charge >= 0.3 is 12.0 Å². The third-order valence-electron chi connectivity index (χ3n) is 13.3. The molecule has 2 radical (unpaired) electrons. The molecule has 67 heavy (non-hydrogen) atoms. The number of likely N-dealkylation sites (N-methyl/N-ethyl adjacent to an activating group) is 2. The van der Waals surface area contributed by atoms with Crippen LogP contribution >= 0.6 is 11.3 Å². The predicted octanol–water partition coefficient (Wildman–Crippen LogP) is 6.04. The van der Waals surface area contributed by atoms with Crippen LogP contribution in [0.5, 0.6) is 0 Å². The number of urea groups is 1. The van der Waals surface area contributed by atoms with Gasteiger partial charge in [0.05, 0.1) is 46.4 Å². The first-order chi connectivity index (χ1) is 32.0. The zero-order valence-corrected chi connectivity index (χ0v) is 42.1. The highest BCUT2D eigenvalue weighted by molar-refractivity contribution is 7.10. The number of carbonyl (C=O) groups is 5. The Labute approximate surface area is 400 Å². The second-order valence-electron chi connectivity index (χ2n) is 19.0. The lowest BCUT2D eigenvalue weighted by molar-refractivity contribution is -0.154. The molecule has 2 saturated heterocycles. The molecule has 6 heterocycles. The summed E-state index contributed by atoms with van der Waals surface area (Å²) in [6.45, 7) is 17.8. The second-order valence-corrected chi connectivity index (χ2v) is 21.2. The number of fused-ring (bicyclic) bond motifs is 6. The fourth-order valence-electron chi connectivity index (χ4n) is 9.49. The van der Waals surface area contributed by atoms with Gasteiger partial charge in [0.25, 0.3) is 0 Å². The third kappa shape index (κ3) is 10.5. The first-order valence-electron chi connectivity index (χ1n) is 23.2. The lowest BCUT2D eigenvalue weighted by atomic mass is 9.84. The van der Waals surface area contributed by atoms with E-state index in [9.17, 15) is 24.0 Å². The Balaban J connectivity index is 1.21. The third-order valence-corrected chi connectivity index (χ3v) is 15.3. The highest BCUT2D eigenvalue weighted by Crippen LogP contribution is 2.42. The van der Waals surface area contributed by atoms with Crippen molar-refractivity contribution in [2.75, 3.05) is 47.4 Å². The number of aromatic nitrogens is 3. The van der Waals surface area contributed by atoms with E-state index in [0.717, 1.165) is 56.1 Å². The number of esters is 1. The monoisotopic (exact) mass is 951 g/mol. The molecule has 0 unspecified atom stereocenters. The number of carbonyl (C=O) groups excluding carboxylic acids is 5. The molecule has 2 fully saturated rings. The first kappa shape index (κ1) is 49.5. The van der Waals surface area contributed by atoms with Crippen LogP contribution in [0.3, 0.4) is 0 Å². The minimum Gasteiger partial charge on any atom is -0.464 e. The Bertz CT molecular complexity index is 2510. The summed E-state index contributed by atoms with van der Waals surface area (Å²) in [7, 11) is 4.62. The number of cyclic esters (lactones) is 1. The van der Waals surface area contributed by atoms with Crippen LogP contribution in [-0.2, 0) is 48.0 Å². The maximum atomic E-state index is 14.6. The van der Waals surface area contributed by atoms with Crippen molar-refractivity contribution in [2.24, 2.45) is 11.3 Å². The van der Waals surface area contributed by atoms with Crippen LogP contribution < -0.4 is 10.4 Å². The van der Waals surface area contributed by atoms with Gasteiger partial charge in [-0.1, -0.05) is 40.3 Å². The summed E-state index contributed by atoms with van der Waals surface area (Å²) < 4.78 is 14.3. The van der Waals surface area contributed by atoms with Gasteiger partial charge in [0.1, 0.15) is 12.1 Å². The highest BCUT2D eigenvalue weighted by atomic mass is 32.1. The van der Waals surface area contributed by atoms with Crippen LogP contribution in [0.25, 0.3) is 33.4 Å². The molecule has 0 aliphatic carbocycles.